The van der Waals surface area contributed by atoms with Gasteiger partial charge >= 0.3 is 5.91 Å². The van der Waals surface area contributed by atoms with Gasteiger partial charge in [-0.3, -0.25) is 14.5 Å². The van der Waals surface area contributed by atoms with Crippen molar-refractivity contribution in [1.82, 2.24) is 4.98 Å². The molecule has 4 aromatic rings. The van der Waals surface area contributed by atoms with Gasteiger partial charge in [0.1, 0.15) is 24.7 Å². The molecule has 1 atom stereocenters. The van der Waals surface area contributed by atoms with Crippen molar-refractivity contribution in [1.29, 1.82) is 0 Å². The number of carbonyl (C=O) groups is 2. The minimum atomic E-state index is -1.00. The number of aliphatic hydroxyl groups is 1. The average Bonchev–Trinajstić information content (AvgIpc) is 3.55. The van der Waals surface area contributed by atoms with E-state index in [-0.39, 0.29) is 11.3 Å². The molecule has 222 valence electrons. The van der Waals surface area contributed by atoms with Gasteiger partial charge in [-0.15, -0.1) is 0 Å². The van der Waals surface area contributed by atoms with Crippen molar-refractivity contribution < 1.29 is 38.4 Å². The van der Waals surface area contributed by atoms with Crippen LogP contribution in [-0.2, 0) is 9.59 Å². The van der Waals surface area contributed by atoms with Crippen LogP contribution < -0.4 is 28.6 Å². The number of fused-ring (bicyclic) bond motifs is 2. The SMILES string of the molecule is CCOc1ccc2nc(N3C(=O)C(=O)C(=C(O)c4ccc5c(c4)OCCO5)C3c3ccc(OCC)c(OCC)c3)sc2c1. The molecule has 1 unspecified atom stereocenters. The second-order valence-electron chi connectivity index (χ2n) is 9.66. The molecule has 0 spiro atoms. The Kier molecular flexibility index (Phi) is 7.81. The van der Waals surface area contributed by atoms with E-state index < -0.39 is 17.7 Å². The summed E-state index contributed by atoms with van der Waals surface area (Å²) in [4.78, 5) is 33.6. The van der Waals surface area contributed by atoms with E-state index in [9.17, 15) is 14.7 Å². The van der Waals surface area contributed by atoms with Gasteiger partial charge in [0.15, 0.2) is 28.1 Å². The predicted octanol–water partition coefficient (Wildman–Crippen LogP) is 5.89. The zero-order chi connectivity index (χ0) is 30.1. The third kappa shape index (κ3) is 5.20. The summed E-state index contributed by atoms with van der Waals surface area (Å²) in [6, 6.07) is 14.6. The van der Waals surface area contributed by atoms with Crippen LogP contribution in [0.5, 0.6) is 28.7 Å². The number of benzene rings is 3. The molecule has 1 amide bonds. The Hall–Kier alpha value is -4.77. The Labute approximate surface area is 252 Å². The molecule has 3 heterocycles. The van der Waals surface area contributed by atoms with Gasteiger partial charge in [0, 0.05) is 5.56 Å². The summed E-state index contributed by atoms with van der Waals surface area (Å²) in [7, 11) is 0. The van der Waals surface area contributed by atoms with E-state index in [0.29, 0.717) is 83.6 Å². The second kappa shape index (κ2) is 11.8. The quantitative estimate of drug-likeness (QED) is 0.142. The fourth-order valence-corrected chi connectivity index (χ4v) is 6.20. The van der Waals surface area contributed by atoms with Gasteiger partial charge in [0.25, 0.3) is 5.78 Å². The van der Waals surface area contributed by atoms with Crippen molar-refractivity contribution in [3.05, 3.63) is 71.3 Å². The lowest BCUT2D eigenvalue weighted by atomic mass is 9.95. The molecule has 0 saturated carbocycles. The molecule has 0 bridgehead atoms. The summed E-state index contributed by atoms with van der Waals surface area (Å²) >= 11 is 1.26. The van der Waals surface area contributed by atoms with Crippen LogP contribution in [0.2, 0.25) is 0 Å². The maximum absolute atomic E-state index is 13.8. The number of nitrogens with zero attached hydrogens (tertiary/aromatic N) is 2. The first-order chi connectivity index (χ1) is 20.9. The van der Waals surface area contributed by atoms with Gasteiger partial charge in [-0.1, -0.05) is 17.4 Å². The Morgan fingerprint density at radius 2 is 1.65 bits per heavy atom. The number of aromatic nitrogens is 1. The number of rotatable bonds is 9. The van der Waals surface area contributed by atoms with Gasteiger partial charge in [-0.2, -0.15) is 0 Å². The summed E-state index contributed by atoms with van der Waals surface area (Å²) < 4.78 is 29.3. The van der Waals surface area contributed by atoms with Crippen molar-refractivity contribution in [2.45, 2.75) is 26.8 Å². The Bertz CT molecular complexity index is 1750. The van der Waals surface area contributed by atoms with Crippen molar-refractivity contribution in [2.75, 3.05) is 37.9 Å². The van der Waals surface area contributed by atoms with Gasteiger partial charge in [-0.05, 0) is 74.9 Å². The van der Waals surface area contributed by atoms with Crippen LogP contribution in [0.1, 0.15) is 37.9 Å². The monoisotopic (exact) mass is 602 g/mol. The third-order valence-electron chi connectivity index (χ3n) is 7.01. The highest BCUT2D eigenvalue weighted by Crippen LogP contribution is 2.46. The fourth-order valence-electron chi connectivity index (χ4n) is 5.18. The summed E-state index contributed by atoms with van der Waals surface area (Å²) in [5, 5.41) is 12.0. The topological polar surface area (TPSA) is 117 Å². The van der Waals surface area contributed by atoms with Crippen LogP contribution in [0.3, 0.4) is 0 Å². The zero-order valence-electron chi connectivity index (χ0n) is 23.9. The van der Waals surface area contributed by atoms with E-state index in [4.69, 9.17) is 28.7 Å². The largest absolute Gasteiger partial charge is 0.507 e. The van der Waals surface area contributed by atoms with Crippen LogP contribution in [0.25, 0.3) is 16.0 Å². The number of amides is 1. The first kappa shape index (κ1) is 28.4. The maximum atomic E-state index is 13.8. The maximum Gasteiger partial charge on any atom is 0.301 e. The minimum absolute atomic E-state index is 0.0810. The molecule has 6 rings (SSSR count). The van der Waals surface area contributed by atoms with Gasteiger partial charge < -0.3 is 28.8 Å². The van der Waals surface area contributed by atoms with E-state index >= 15 is 0 Å². The molecule has 11 heteroatoms. The van der Waals surface area contributed by atoms with Crippen LogP contribution in [-0.4, -0.2) is 54.8 Å². The van der Waals surface area contributed by atoms with E-state index in [0.717, 1.165) is 4.70 Å². The smallest absolute Gasteiger partial charge is 0.301 e. The van der Waals surface area contributed by atoms with Crippen LogP contribution in [0.4, 0.5) is 5.13 Å². The van der Waals surface area contributed by atoms with Crippen molar-refractivity contribution in [3.63, 3.8) is 0 Å². The summed E-state index contributed by atoms with van der Waals surface area (Å²) in [6.07, 6.45) is 0. The molecule has 2 aliphatic rings. The first-order valence-corrected chi connectivity index (χ1v) is 14.9. The number of aliphatic hydroxyl groups excluding tert-OH is 1. The molecular formula is C32H30N2O8S. The molecule has 43 heavy (non-hydrogen) atoms. The number of Topliss-reactive ketones (excluding diaryl/α,β-unsaturated/α-hetero) is 1. The lowest BCUT2D eigenvalue weighted by molar-refractivity contribution is -0.132. The van der Waals surface area contributed by atoms with Gasteiger partial charge in [-0.25, -0.2) is 4.98 Å². The van der Waals surface area contributed by atoms with E-state index in [1.54, 1.807) is 36.4 Å². The highest BCUT2D eigenvalue weighted by atomic mass is 32.1. The molecule has 1 fully saturated rings. The molecule has 2 aliphatic heterocycles. The zero-order valence-corrected chi connectivity index (χ0v) is 24.7. The predicted molar refractivity (Wildman–Crippen MR) is 162 cm³/mol. The minimum Gasteiger partial charge on any atom is -0.507 e. The Morgan fingerprint density at radius 1 is 0.907 bits per heavy atom. The number of hydrogen-bond donors (Lipinski definition) is 1. The number of anilines is 1. The summed E-state index contributed by atoms with van der Waals surface area (Å²) in [6.45, 7) is 7.71. The molecule has 1 saturated heterocycles. The molecule has 3 aromatic carbocycles. The third-order valence-corrected chi connectivity index (χ3v) is 8.03. The van der Waals surface area contributed by atoms with Gasteiger partial charge in [0.05, 0.1) is 41.7 Å². The van der Waals surface area contributed by atoms with Crippen LogP contribution >= 0.6 is 11.3 Å². The number of carbonyl (C=O) groups excluding carboxylic acids is 2. The number of ether oxygens (including phenoxy) is 5. The Morgan fingerprint density at radius 3 is 2.42 bits per heavy atom. The van der Waals surface area contributed by atoms with Gasteiger partial charge in [0.2, 0.25) is 0 Å². The van der Waals surface area contributed by atoms with E-state index in [2.05, 4.69) is 0 Å². The van der Waals surface area contributed by atoms with E-state index in [1.807, 2.05) is 39.0 Å². The van der Waals surface area contributed by atoms with Crippen molar-refractivity contribution in [2.24, 2.45) is 0 Å². The molecular weight excluding hydrogens is 572 g/mol. The van der Waals surface area contributed by atoms with Crippen LogP contribution in [0, 0.1) is 0 Å². The first-order valence-electron chi connectivity index (χ1n) is 14.1. The normalized spacial score (nSPS) is 17.4. The highest BCUT2D eigenvalue weighted by molar-refractivity contribution is 7.22. The fraction of sp³-hybridized carbons (Fsp3) is 0.281. The standard InChI is InChI=1S/C32H30N2O8S/c1-4-38-20-9-10-21-26(17-20)43-32(33-21)34-28(18-7-11-22(39-5-2)24(15-18)40-6-3)27(30(36)31(34)37)29(35)19-8-12-23-25(16-19)42-14-13-41-23/h7-12,15-17,28,35H,4-6,13-14H2,1-3H3. The number of ketones is 1. The van der Waals surface area contributed by atoms with E-state index in [1.165, 1.54) is 16.2 Å². The van der Waals surface area contributed by atoms with Crippen molar-refractivity contribution >= 4 is 44.1 Å². The lowest BCUT2D eigenvalue weighted by Gasteiger charge is -2.24. The number of thiazole rings is 1. The molecule has 1 N–H and O–H groups in total. The average molecular weight is 603 g/mol. The van der Waals surface area contributed by atoms with Crippen molar-refractivity contribution in [3.8, 4) is 28.7 Å². The summed E-state index contributed by atoms with van der Waals surface area (Å²) in [5.74, 6) is 0.659. The molecule has 1 aromatic heterocycles. The molecule has 0 radical (unpaired) electrons. The number of hydrogen-bond acceptors (Lipinski definition) is 10. The molecule has 0 aliphatic carbocycles. The Balaban J connectivity index is 1.53. The van der Waals surface area contributed by atoms with Crippen LogP contribution in [0.15, 0.2) is 60.2 Å². The lowest BCUT2D eigenvalue weighted by Crippen LogP contribution is -2.29. The molecule has 10 nitrogen and oxygen atoms in total. The highest BCUT2D eigenvalue weighted by Gasteiger charge is 2.48. The second-order valence-corrected chi connectivity index (χ2v) is 10.7. The summed E-state index contributed by atoms with van der Waals surface area (Å²) in [5.41, 5.74) is 1.42.